The molecule has 0 aromatic carbocycles. The summed E-state index contributed by atoms with van der Waals surface area (Å²) < 4.78 is 0. The van der Waals surface area contributed by atoms with Gasteiger partial charge in [-0.1, -0.05) is 19.2 Å². The van der Waals surface area contributed by atoms with E-state index in [9.17, 15) is 4.79 Å². The molecule has 0 fully saturated rings. The smallest absolute Gasteiger partial charge is 0.243 e. The van der Waals surface area contributed by atoms with Crippen LogP contribution in [0.4, 0.5) is 0 Å². The molecule has 0 radical (unpaired) electrons. The molecule has 14 heavy (non-hydrogen) atoms. The number of carbonyl (C=O) groups is 1. The van der Waals surface area contributed by atoms with E-state index < -0.39 is 5.91 Å². The maximum absolute atomic E-state index is 9.82. The molecule has 0 aliphatic carbocycles. The van der Waals surface area contributed by atoms with Crippen LogP contribution in [-0.2, 0) is 4.79 Å². The predicted molar refractivity (Wildman–Crippen MR) is 58.3 cm³/mol. The van der Waals surface area contributed by atoms with Crippen LogP contribution in [0.25, 0.3) is 6.08 Å². The zero-order chi connectivity index (χ0) is 11.0. The van der Waals surface area contributed by atoms with Crippen molar-refractivity contribution >= 4 is 12.0 Å². The van der Waals surface area contributed by atoms with E-state index in [-0.39, 0.29) is 0 Å². The van der Waals surface area contributed by atoms with E-state index in [1.54, 1.807) is 19.2 Å². The maximum atomic E-state index is 9.82. The van der Waals surface area contributed by atoms with Crippen LogP contribution in [0.1, 0.15) is 12.6 Å². The summed E-state index contributed by atoms with van der Waals surface area (Å²) in [5.41, 5.74) is 6.02. The summed E-state index contributed by atoms with van der Waals surface area (Å²) >= 11 is 0. The third kappa shape index (κ3) is 5.71. The average Bonchev–Trinajstić information content (AvgIpc) is 2.20. The highest BCUT2D eigenvalue weighted by Gasteiger charge is 1.86. The minimum absolute atomic E-state index is 0.398. The molecule has 74 valence electrons. The molecule has 0 saturated carbocycles. The van der Waals surface area contributed by atoms with Crippen molar-refractivity contribution in [1.82, 2.24) is 4.98 Å². The molecule has 2 N–H and O–H groups in total. The number of pyridine rings is 1. The Labute approximate surface area is 84.0 Å². The van der Waals surface area contributed by atoms with Gasteiger partial charge in [0.05, 0.1) is 5.69 Å². The van der Waals surface area contributed by atoms with Crippen LogP contribution in [0.2, 0.25) is 0 Å². The van der Waals surface area contributed by atoms with Crippen LogP contribution in [0.5, 0.6) is 0 Å². The second-order valence-electron chi connectivity index (χ2n) is 2.60. The molecule has 1 heterocycles. The van der Waals surface area contributed by atoms with E-state index in [1.165, 1.54) is 0 Å². The Morgan fingerprint density at radius 1 is 1.57 bits per heavy atom. The van der Waals surface area contributed by atoms with Crippen molar-refractivity contribution < 1.29 is 4.79 Å². The number of carbonyl (C=O) groups excluding carboxylic acids is 1. The molecule has 0 aliphatic rings. The Morgan fingerprint density at radius 2 is 2.14 bits per heavy atom. The normalized spacial score (nSPS) is 8.07. The number of nitrogens with zero attached hydrogens (tertiary/aromatic N) is 1. The van der Waals surface area contributed by atoms with Crippen LogP contribution in [0, 0.1) is 0 Å². The van der Waals surface area contributed by atoms with Gasteiger partial charge in [-0.05, 0) is 25.1 Å². The summed E-state index contributed by atoms with van der Waals surface area (Å²) in [6.45, 7) is 8.42. The fraction of sp³-hybridized carbons (Fsp3) is 0.0909. The van der Waals surface area contributed by atoms with E-state index in [1.807, 2.05) is 18.2 Å². The molecule has 1 amide bonds. The molecule has 1 rings (SSSR count). The van der Waals surface area contributed by atoms with E-state index in [4.69, 9.17) is 5.73 Å². The van der Waals surface area contributed by atoms with Gasteiger partial charge in [0.2, 0.25) is 5.91 Å². The third-order valence-corrected chi connectivity index (χ3v) is 1.32. The van der Waals surface area contributed by atoms with Gasteiger partial charge in [-0.3, -0.25) is 9.78 Å². The quantitative estimate of drug-likeness (QED) is 0.722. The first-order chi connectivity index (χ1) is 6.57. The molecule has 0 unspecified atom stereocenters. The highest BCUT2D eigenvalue weighted by Crippen LogP contribution is 1.91. The second kappa shape index (κ2) is 6.60. The SMILES string of the molecule is C=C(C)C(N)=O.C=Cc1ccccn1. The fourth-order valence-corrected chi connectivity index (χ4v) is 0.497. The molecule has 0 spiro atoms. The summed E-state index contributed by atoms with van der Waals surface area (Å²) in [7, 11) is 0. The Morgan fingerprint density at radius 3 is 2.36 bits per heavy atom. The summed E-state index contributed by atoms with van der Waals surface area (Å²) in [6.07, 6.45) is 3.47. The van der Waals surface area contributed by atoms with Gasteiger partial charge in [0, 0.05) is 11.8 Å². The zero-order valence-electron chi connectivity index (χ0n) is 8.23. The lowest BCUT2D eigenvalue weighted by Gasteiger charge is -1.84. The van der Waals surface area contributed by atoms with Gasteiger partial charge in [0.1, 0.15) is 0 Å². The molecule has 0 saturated heterocycles. The monoisotopic (exact) mass is 190 g/mol. The summed E-state index contributed by atoms with van der Waals surface area (Å²) in [5, 5.41) is 0. The summed E-state index contributed by atoms with van der Waals surface area (Å²) in [5.74, 6) is -0.435. The number of hydrogen-bond acceptors (Lipinski definition) is 2. The number of primary amides is 1. The molecule has 0 bridgehead atoms. The molecule has 3 nitrogen and oxygen atoms in total. The molecule has 1 aromatic heterocycles. The number of nitrogens with two attached hydrogens (primary N) is 1. The van der Waals surface area contributed by atoms with E-state index in [0.717, 1.165) is 5.69 Å². The van der Waals surface area contributed by atoms with Crippen molar-refractivity contribution in [1.29, 1.82) is 0 Å². The van der Waals surface area contributed by atoms with Gasteiger partial charge in [-0.2, -0.15) is 0 Å². The van der Waals surface area contributed by atoms with Crippen LogP contribution in [0.3, 0.4) is 0 Å². The first kappa shape index (κ1) is 12.1. The summed E-state index contributed by atoms with van der Waals surface area (Å²) in [4.78, 5) is 13.8. The Hall–Kier alpha value is -1.90. The molecule has 3 heteroatoms. The van der Waals surface area contributed by atoms with Crippen molar-refractivity contribution in [3.05, 3.63) is 48.8 Å². The predicted octanol–water partition coefficient (Wildman–Crippen LogP) is 1.77. The molecular formula is C11H14N2O. The van der Waals surface area contributed by atoms with E-state index >= 15 is 0 Å². The van der Waals surface area contributed by atoms with Crippen LogP contribution in [0.15, 0.2) is 43.1 Å². The minimum atomic E-state index is -0.435. The largest absolute Gasteiger partial charge is 0.366 e. The standard InChI is InChI=1S/C7H7N.C4H7NO/c1-2-7-5-3-4-6-8-7;1-3(2)4(5)6/h2-6H,1H2;1H2,2H3,(H2,5,6). The van der Waals surface area contributed by atoms with Gasteiger partial charge >= 0.3 is 0 Å². The molecule has 0 aliphatic heterocycles. The van der Waals surface area contributed by atoms with Gasteiger partial charge in [0.25, 0.3) is 0 Å². The van der Waals surface area contributed by atoms with Crippen LogP contribution in [-0.4, -0.2) is 10.9 Å². The van der Waals surface area contributed by atoms with Crippen molar-refractivity contribution in [3.8, 4) is 0 Å². The minimum Gasteiger partial charge on any atom is -0.366 e. The molecule has 1 aromatic rings. The maximum Gasteiger partial charge on any atom is 0.243 e. The van der Waals surface area contributed by atoms with Crippen molar-refractivity contribution in [2.45, 2.75) is 6.92 Å². The first-order valence-electron chi connectivity index (χ1n) is 4.06. The van der Waals surface area contributed by atoms with Crippen LogP contribution < -0.4 is 5.73 Å². The first-order valence-corrected chi connectivity index (χ1v) is 4.06. The fourth-order valence-electron chi connectivity index (χ4n) is 0.497. The highest BCUT2D eigenvalue weighted by atomic mass is 16.1. The van der Waals surface area contributed by atoms with Crippen LogP contribution >= 0.6 is 0 Å². The number of amides is 1. The van der Waals surface area contributed by atoms with Gasteiger partial charge in [0.15, 0.2) is 0 Å². The van der Waals surface area contributed by atoms with Gasteiger partial charge < -0.3 is 5.73 Å². The Bertz CT molecular complexity index is 305. The van der Waals surface area contributed by atoms with E-state index in [0.29, 0.717) is 5.57 Å². The lowest BCUT2D eigenvalue weighted by Crippen LogP contribution is -2.10. The number of hydrogen-bond donors (Lipinski definition) is 1. The lowest BCUT2D eigenvalue weighted by atomic mass is 10.3. The third-order valence-electron chi connectivity index (χ3n) is 1.32. The lowest BCUT2D eigenvalue weighted by molar-refractivity contribution is -0.114. The topological polar surface area (TPSA) is 56.0 Å². The molecule has 0 atom stereocenters. The van der Waals surface area contributed by atoms with Crippen molar-refractivity contribution in [2.75, 3.05) is 0 Å². The number of rotatable bonds is 2. The van der Waals surface area contributed by atoms with Crippen molar-refractivity contribution in [3.63, 3.8) is 0 Å². The van der Waals surface area contributed by atoms with E-state index in [2.05, 4.69) is 18.1 Å². The Kier molecular flexibility index (Phi) is 5.70. The Balaban J connectivity index is 0.000000255. The number of aromatic nitrogens is 1. The van der Waals surface area contributed by atoms with Gasteiger partial charge in [-0.15, -0.1) is 0 Å². The molecular weight excluding hydrogens is 176 g/mol. The summed E-state index contributed by atoms with van der Waals surface area (Å²) in [6, 6.07) is 5.73. The highest BCUT2D eigenvalue weighted by molar-refractivity contribution is 5.90. The zero-order valence-corrected chi connectivity index (χ0v) is 8.23. The second-order valence-corrected chi connectivity index (χ2v) is 2.60. The average molecular weight is 190 g/mol. The van der Waals surface area contributed by atoms with Crippen molar-refractivity contribution in [2.24, 2.45) is 5.73 Å². The van der Waals surface area contributed by atoms with Gasteiger partial charge in [-0.25, -0.2) is 0 Å².